The summed E-state index contributed by atoms with van der Waals surface area (Å²) in [6.45, 7) is 0.348. The lowest BCUT2D eigenvalue weighted by atomic mass is 10.2. The summed E-state index contributed by atoms with van der Waals surface area (Å²) in [7, 11) is 0. The van der Waals surface area contributed by atoms with Crippen molar-refractivity contribution in [3.63, 3.8) is 0 Å². The van der Waals surface area contributed by atoms with Gasteiger partial charge >= 0.3 is 0 Å². The van der Waals surface area contributed by atoms with E-state index in [1.54, 1.807) is 6.07 Å². The van der Waals surface area contributed by atoms with Crippen LogP contribution in [0.25, 0.3) is 11.4 Å². The molecule has 5 heteroatoms. The van der Waals surface area contributed by atoms with Gasteiger partial charge in [-0.2, -0.15) is 0 Å². The molecule has 2 rings (SSSR count). The van der Waals surface area contributed by atoms with E-state index in [4.69, 9.17) is 10.3 Å². The Morgan fingerprint density at radius 1 is 1.36 bits per heavy atom. The van der Waals surface area contributed by atoms with E-state index in [0.29, 0.717) is 18.0 Å². The Balaban J connectivity index is 2.39. The van der Waals surface area contributed by atoms with E-state index in [2.05, 4.69) is 26.1 Å². The zero-order chi connectivity index (χ0) is 9.97. The second kappa shape index (κ2) is 3.89. The quantitative estimate of drug-likeness (QED) is 0.832. The lowest BCUT2D eigenvalue weighted by Gasteiger charge is -1.93. The molecule has 0 spiro atoms. The first kappa shape index (κ1) is 9.36. The van der Waals surface area contributed by atoms with Gasteiger partial charge in [-0.1, -0.05) is 11.2 Å². The van der Waals surface area contributed by atoms with Crippen molar-refractivity contribution in [2.45, 2.75) is 6.54 Å². The first-order valence-electron chi connectivity index (χ1n) is 4.08. The standard InChI is InChI=1S/C9H8BrN3O/c10-9-3-1-2-7(12-9)8-4-6(5-11)14-13-8/h1-4H,5,11H2. The molecule has 2 heterocycles. The molecule has 0 fully saturated rings. The number of hydrogen-bond acceptors (Lipinski definition) is 4. The number of aromatic nitrogens is 2. The summed E-state index contributed by atoms with van der Waals surface area (Å²) in [6, 6.07) is 7.40. The molecule has 2 N–H and O–H groups in total. The van der Waals surface area contributed by atoms with Gasteiger partial charge in [0.15, 0.2) is 5.76 Å². The summed E-state index contributed by atoms with van der Waals surface area (Å²) < 4.78 is 5.75. The topological polar surface area (TPSA) is 64.9 Å². The van der Waals surface area contributed by atoms with Crippen LogP contribution in [0.5, 0.6) is 0 Å². The van der Waals surface area contributed by atoms with Crippen LogP contribution in [-0.4, -0.2) is 10.1 Å². The molecule has 2 aromatic rings. The molecule has 0 amide bonds. The number of pyridine rings is 1. The monoisotopic (exact) mass is 253 g/mol. The van der Waals surface area contributed by atoms with Crippen molar-refractivity contribution in [3.8, 4) is 11.4 Å². The van der Waals surface area contributed by atoms with Crippen LogP contribution in [0.4, 0.5) is 0 Å². The highest BCUT2D eigenvalue weighted by molar-refractivity contribution is 9.10. The zero-order valence-corrected chi connectivity index (χ0v) is 8.86. The van der Waals surface area contributed by atoms with Crippen molar-refractivity contribution in [1.82, 2.24) is 10.1 Å². The third-order valence-electron chi connectivity index (χ3n) is 1.74. The highest BCUT2D eigenvalue weighted by Crippen LogP contribution is 2.18. The number of rotatable bonds is 2. The fraction of sp³-hybridized carbons (Fsp3) is 0.111. The maximum absolute atomic E-state index is 5.41. The van der Waals surface area contributed by atoms with Crippen LogP contribution in [-0.2, 0) is 6.54 Å². The van der Waals surface area contributed by atoms with Crippen molar-refractivity contribution in [3.05, 3.63) is 34.6 Å². The number of nitrogens with zero attached hydrogens (tertiary/aromatic N) is 2. The predicted octanol–water partition coefficient (Wildman–Crippen LogP) is 1.96. The van der Waals surface area contributed by atoms with E-state index in [0.717, 1.165) is 10.3 Å². The zero-order valence-electron chi connectivity index (χ0n) is 7.27. The van der Waals surface area contributed by atoms with E-state index >= 15 is 0 Å². The molecule has 14 heavy (non-hydrogen) atoms. The summed E-state index contributed by atoms with van der Waals surface area (Å²) >= 11 is 3.29. The molecule has 0 aliphatic carbocycles. The third-order valence-corrected chi connectivity index (χ3v) is 2.18. The molecule has 2 aromatic heterocycles. The number of halogens is 1. The molecular weight excluding hydrogens is 246 g/mol. The van der Waals surface area contributed by atoms with Crippen LogP contribution >= 0.6 is 15.9 Å². The van der Waals surface area contributed by atoms with E-state index in [9.17, 15) is 0 Å². The number of nitrogens with two attached hydrogens (primary N) is 1. The van der Waals surface area contributed by atoms with Crippen molar-refractivity contribution >= 4 is 15.9 Å². The minimum absolute atomic E-state index is 0.348. The molecule has 0 aromatic carbocycles. The summed E-state index contributed by atoms with van der Waals surface area (Å²) in [5, 5.41) is 3.86. The van der Waals surface area contributed by atoms with Gasteiger partial charge in [0.1, 0.15) is 10.3 Å². The van der Waals surface area contributed by atoms with E-state index in [1.165, 1.54) is 0 Å². The Morgan fingerprint density at radius 3 is 2.86 bits per heavy atom. The molecule has 0 aliphatic rings. The molecule has 0 saturated carbocycles. The largest absolute Gasteiger partial charge is 0.359 e. The molecular formula is C9H8BrN3O. The van der Waals surface area contributed by atoms with Gasteiger partial charge < -0.3 is 10.3 Å². The number of hydrogen-bond donors (Lipinski definition) is 1. The fourth-order valence-corrected chi connectivity index (χ4v) is 1.42. The van der Waals surface area contributed by atoms with Crippen molar-refractivity contribution < 1.29 is 4.52 Å². The average molecular weight is 254 g/mol. The Hall–Kier alpha value is -1.20. The van der Waals surface area contributed by atoms with E-state index in [-0.39, 0.29) is 0 Å². The van der Waals surface area contributed by atoms with Crippen LogP contribution in [0.2, 0.25) is 0 Å². The fourth-order valence-electron chi connectivity index (χ4n) is 1.08. The van der Waals surface area contributed by atoms with Crippen molar-refractivity contribution in [1.29, 1.82) is 0 Å². The van der Waals surface area contributed by atoms with Gasteiger partial charge in [0, 0.05) is 6.07 Å². The Morgan fingerprint density at radius 2 is 2.21 bits per heavy atom. The molecule has 0 radical (unpaired) electrons. The summed E-state index contributed by atoms with van der Waals surface area (Å²) in [4.78, 5) is 4.24. The van der Waals surface area contributed by atoms with Gasteiger partial charge in [0.25, 0.3) is 0 Å². The average Bonchev–Trinajstić information content (AvgIpc) is 2.66. The highest BCUT2D eigenvalue weighted by Gasteiger charge is 2.06. The van der Waals surface area contributed by atoms with Gasteiger partial charge in [-0.3, -0.25) is 0 Å². The summed E-state index contributed by atoms with van der Waals surface area (Å²) in [6.07, 6.45) is 0. The molecule has 0 atom stereocenters. The molecule has 72 valence electrons. The summed E-state index contributed by atoms with van der Waals surface area (Å²) in [5.41, 5.74) is 6.87. The summed E-state index contributed by atoms with van der Waals surface area (Å²) in [5.74, 6) is 0.654. The minimum Gasteiger partial charge on any atom is -0.359 e. The van der Waals surface area contributed by atoms with Crippen molar-refractivity contribution in [2.75, 3.05) is 0 Å². The van der Waals surface area contributed by atoms with Crippen LogP contribution < -0.4 is 5.73 Å². The predicted molar refractivity (Wildman–Crippen MR) is 55.3 cm³/mol. The van der Waals surface area contributed by atoms with Gasteiger partial charge in [-0.15, -0.1) is 0 Å². The smallest absolute Gasteiger partial charge is 0.150 e. The first-order valence-corrected chi connectivity index (χ1v) is 4.87. The Kier molecular flexibility index (Phi) is 2.60. The minimum atomic E-state index is 0.348. The molecule has 4 nitrogen and oxygen atoms in total. The maximum atomic E-state index is 5.41. The van der Waals surface area contributed by atoms with Gasteiger partial charge in [-0.05, 0) is 28.1 Å². The van der Waals surface area contributed by atoms with Crippen LogP contribution in [0.15, 0.2) is 33.4 Å². The second-order valence-corrected chi connectivity index (χ2v) is 3.54. The van der Waals surface area contributed by atoms with Gasteiger partial charge in [0.2, 0.25) is 0 Å². The lowest BCUT2D eigenvalue weighted by molar-refractivity contribution is 0.387. The lowest BCUT2D eigenvalue weighted by Crippen LogP contribution is -1.92. The van der Waals surface area contributed by atoms with E-state index in [1.807, 2.05) is 18.2 Å². The van der Waals surface area contributed by atoms with Crippen LogP contribution in [0, 0.1) is 0 Å². The van der Waals surface area contributed by atoms with E-state index < -0.39 is 0 Å². The molecule has 0 unspecified atom stereocenters. The van der Waals surface area contributed by atoms with Gasteiger partial charge in [0.05, 0.1) is 12.2 Å². The van der Waals surface area contributed by atoms with Crippen LogP contribution in [0.1, 0.15) is 5.76 Å². The maximum Gasteiger partial charge on any atom is 0.150 e. The first-order chi connectivity index (χ1) is 6.79. The third kappa shape index (κ3) is 1.83. The molecule has 0 bridgehead atoms. The Labute approximate surface area is 89.2 Å². The molecule has 0 aliphatic heterocycles. The molecule has 0 saturated heterocycles. The SMILES string of the molecule is NCc1cc(-c2cccc(Br)n2)no1. The normalized spacial score (nSPS) is 10.4. The van der Waals surface area contributed by atoms with Gasteiger partial charge in [-0.25, -0.2) is 4.98 Å². The second-order valence-electron chi connectivity index (χ2n) is 2.73. The Bertz CT molecular complexity index is 441. The van der Waals surface area contributed by atoms with Crippen LogP contribution in [0.3, 0.4) is 0 Å². The highest BCUT2D eigenvalue weighted by atomic mass is 79.9. The van der Waals surface area contributed by atoms with Crippen molar-refractivity contribution in [2.24, 2.45) is 5.73 Å².